The molecule has 1 unspecified atom stereocenters. The number of guanidine groups is 1. The highest BCUT2D eigenvalue weighted by atomic mass is 32.1. The number of aliphatic hydroxyl groups is 1. The fourth-order valence-electron chi connectivity index (χ4n) is 3.44. The van der Waals surface area contributed by atoms with E-state index in [-0.39, 0.29) is 0 Å². The van der Waals surface area contributed by atoms with Gasteiger partial charge in [-0.1, -0.05) is 0 Å². The van der Waals surface area contributed by atoms with Crippen molar-refractivity contribution in [1.29, 1.82) is 0 Å². The number of benzene rings is 1. The van der Waals surface area contributed by atoms with E-state index in [2.05, 4.69) is 39.8 Å². The standard InChI is InChI=1S/C23H34N4O3S/c1-4-24-22(26-16-23(2,28)17-27-11-13-30-14-12-27)25-15-20-9-10-21(31-20)18-5-7-19(29-3)8-6-18/h5-10,28H,4,11-17H2,1-3H3,(H2,24,25,26). The van der Waals surface area contributed by atoms with Crippen molar-refractivity contribution in [3.05, 3.63) is 41.3 Å². The molecule has 0 amide bonds. The lowest BCUT2D eigenvalue weighted by molar-refractivity contribution is -0.0201. The number of thiophene rings is 1. The molecule has 1 atom stereocenters. The minimum Gasteiger partial charge on any atom is -0.497 e. The summed E-state index contributed by atoms with van der Waals surface area (Å²) in [6.07, 6.45) is 0. The van der Waals surface area contributed by atoms with Crippen LogP contribution in [0.2, 0.25) is 0 Å². The Morgan fingerprint density at radius 1 is 1.19 bits per heavy atom. The first-order valence-electron chi connectivity index (χ1n) is 10.8. The molecule has 1 aromatic carbocycles. The van der Waals surface area contributed by atoms with E-state index >= 15 is 0 Å². The molecule has 3 rings (SSSR count). The van der Waals surface area contributed by atoms with Crippen molar-refractivity contribution in [3.8, 4) is 16.2 Å². The minimum atomic E-state index is -0.849. The highest BCUT2D eigenvalue weighted by molar-refractivity contribution is 7.15. The Hall–Kier alpha value is -2.13. The van der Waals surface area contributed by atoms with Crippen molar-refractivity contribution < 1.29 is 14.6 Å². The van der Waals surface area contributed by atoms with E-state index in [4.69, 9.17) is 14.5 Å². The smallest absolute Gasteiger partial charge is 0.191 e. The van der Waals surface area contributed by atoms with Gasteiger partial charge in [0.05, 0.1) is 32.5 Å². The van der Waals surface area contributed by atoms with Gasteiger partial charge >= 0.3 is 0 Å². The van der Waals surface area contributed by atoms with Crippen LogP contribution in [0, 0.1) is 0 Å². The summed E-state index contributed by atoms with van der Waals surface area (Å²) in [5.41, 5.74) is 0.322. The van der Waals surface area contributed by atoms with E-state index < -0.39 is 5.60 Å². The van der Waals surface area contributed by atoms with Crippen LogP contribution >= 0.6 is 11.3 Å². The fraction of sp³-hybridized carbons (Fsp3) is 0.522. The summed E-state index contributed by atoms with van der Waals surface area (Å²) in [4.78, 5) is 9.34. The van der Waals surface area contributed by atoms with Gasteiger partial charge in [0.15, 0.2) is 5.96 Å². The number of nitrogens with one attached hydrogen (secondary N) is 2. The SMILES string of the molecule is CCNC(=NCc1ccc(-c2ccc(OC)cc2)s1)NCC(C)(O)CN1CCOCC1. The zero-order valence-electron chi connectivity index (χ0n) is 18.7. The third kappa shape index (κ3) is 7.50. The van der Waals surface area contributed by atoms with E-state index in [9.17, 15) is 5.11 Å². The van der Waals surface area contributed by atoms with E-state index in [0.29, 0.717) is 25.6 Å². The maximum Gasteiger partial charge on any atom is 0.191 e. The fourth-order valence-corrected chi connectivity index (χ4v) is 4.38. The van der Waals surface area contributed by atoms with Crippen LogP contribution in [0.15, 0.2) is 41.4 Å². The number of nitrogens with zero attached hydrogens (tertiary/aromatic N) is 2. The molecule has 3 N–H and O–H groups in total. The van der Waals surface area contributed by atoms with Gasteiger partial charge in [-0.3, -0.25) is 4.90 Å². The Morgan fingerprint density at radius 2 is 1.94 bits per heavy atom. The number of aliphatic imine (C=N–C) groups is 1. The van der Waals surface area contributed by atoms with Crippen LogP contribution in [-0.2, 0) is 11.3 Å². The predicted octanol–water partition coefficient (Wildman–Crippen LogP) is 2.56. The molecular formula is C23H34N4O3S. The summed E-state index contributed by atoms with van der Waals surface area (Å²) in [7, 11) is 1.67. The molecule has 0 spiro atoms. The lowest BCUT2D eigenvalue weighted by Gasteiger charge is -2.34. The van der Waals surface area contributed by atoms with Crippen molar-refractivity contribution in [2.24, 2.45) is 4.99 Å². The van der Waals surface area contributed by atoms with Crippen LogP contribution in [0.3, 0.4) is 0 Å². The summed E-state index contributed by atoms with van der Waals surface area (Å²) in [6.45, 7) is 9.46. The molecule has 0 bridgehead atoms. The van der Waals surface area contributed by atoms with Crippen molar-refractivity contribution in [2.75, 3.05) is 53.0 Å². The van der Waals surface area contributed by atoms with E-state index in [1.807, 2.05) is 26.0 Å². The monoisotopic (exact) mass is 446 g/mol. The van der Waals surface area contributed by atoms with Crippen molar-refractivity contribution in [2.45, 2.75) is 26.0 Å². The molecule has 7 nitrogen and oxygen atoms in total. The molecular weight excluding hydrogens is 412 g/mol. The number of morpholine rings is 1. The lowest BCUT2D eigenvalue weighted by Crippen LogP contribution is -2.52. The highest BCUT2D eigenvalue weighted by Gasteiger charge is 2.25. The van der Waals surface area contributed by atoms with Gasteiger partial charge in [0.25, 0.3) is 0 Å². The Labute approximate surface area is 189 Å². The third-order valence-corrected chi connectivity index (χ3v) is 6.20. The number of hydrogen-bond acceptors (Lipinski definition) is 6. The minimum absolute atomic E-state index is 0.428. The number of rotatable bonds is 9. The van der Waals surface area contributed by atoms with Crippen LogP contribution in [0.25, 0.3) is 10.4 Å². The highest BCUT2D eigenvalue weighted by Crippen LogP contribution is 2.29. The van der Waals surface area contributed by atoms with Gasteiger partial charge < -0.3 is 25.2 Å². The Balaban J connectivity index is 1.55. The van der Waals surface area contributed by atoms with E-state index in [0.717, 1.165) is 38.6 Å². The predicted molar refractivity (Wildman–Crippen MR) is 127 cm³/mol. The van der Waals surface area contributed by atoms with Crippen molar-refractivity contribution in [3.63, 3.8) is 0 Å². The maximum atomic E-state index is 10.8. The quantitative estimate of drug-likeness (QED) is 0.406. The topological polar surface area (TPSA) is 78.4 Å². The molecule has 2 heterocycles. The molecule has 0 aliphatic carbocycles. The van der Waals surface area contributed by atoms with Gasteiger partial charge in [0.1, 0.15) is 5.75 Å². The van der Waals surface area contributed by atoms with Crippen molar-refractivity contribution >= 4 is 17.3 Å². The molecule has 1 aliphatic rings. The average molecular weight is 447 g/mol. The normalized spacial score (nSPS) is 17.2. The first kappa shape index (κ1) is 23.5. The van der Waals surface area contributed by atoms with Crippen molar-refractivity contribution in [1.82, 2.24) is 15.5 Å². The summed E-state index contributed by atoms with van der Waals surface area (Å²) in [6, 6.07) is 12.3. The molecule has 31 heavy (non-hydrogen) atoms. The largest absolute Gasteiger partial charge is 0.497 e. The molecule has 170 valence electrons. The lowest BCUT2D eigenvalue weighted by atomic mass is 10.1. The Kier molecular flexibility index (Phi) is 8.71. The second-order valence-corrected chi connectivity index (χ2v) is 9.10. The van der Waals surface area contributed by atoms with E-state index in [1.54, 1.807) is 18.4 Å². The van der Waals surface area contributed by atoms with Gasteiger partial charge in [-0.05, 0) is 55.8 Å². The Bertz CT molecular complexity index is 830. The number of hydrogen-bond donors (Lipinski definition) is 3. The van der Waals surface area contributed by atoms with Crippen LogP contribution in [0.1, 0.15) is 18.7 Å². The maximum absolute atomic E-state index is 10.8. The zero-order valence-corrected chi connectivity index (χ0v) is 19.5. The summed E-state index contributed by atoms with van der Waals surface area (Å²) in [5.74, 6) is 1.57. The first-order chi connectivity index (χ1) is 15.0. The van der Waals surface area contributed by atoms with Gasteiger partial charge in [-0.25, -0.2) is 4.99 Å². The number of β-amino-alcohol motifs (C(OH)–C–C–N with tert-alkyl or cyclic N) is 1. The number of ether oxygens (including phenoxy) is 2. The second kappa shape index (κ2) is 11.5. The van der Waals surface area contributed by atoms with Crippen LogP contribution in [0.5, 0.6) is 5.75 Å². The molecule has 1 aliphatic heterocycles. The van der Waals surface area contributed by atoms with Gasteiger partial charge in [0, 0.05) is 42.5 Å². The molecule has 1 aromatic heterocycles. The summed E-state index contributed by atoms with van der Waals surface area (Å²) < 4.78 is 10.6. The van der Waals surface area contributed by atoms with Gasteiger partial charge in [-0.15, -0.1) is 11.3 Å². The van der Waals surface area contributed by atoms with Gasteiger partial charge in [0.2, 0.25) is 0 Å². The van der Waals surface area contributed by atoms with Crippen LogP contribution < -0.4 is 15.4 Å². The molecule has 1 fully saturated rings. The first-order valence-corrected chi connectivity index (χ1v) is 11.6. The second-order valence-electron chi connectivity index (χ2n) is 7.93. The van der Waals surface area contributed by atoms with E-state index in [1.165, 1.54) is 15.3 Å². The van der Waals surface area contributed by atoms with Gasteiger partial charge in [-0.2, -0.15) is 0 Å². The zero-order chi connectivity index (χ0) is 22.1. The third-order valence-electron chi connectivity index (χ3n) is 5.08. The van der Waals surface area contributed by atoms with Crippen LogP contribution in [0.4, 0.5) is 0 Å². The summed E-state index contributed by atoms with van der Waals surface area (Å²) in [5, 5.41) is 17.4. The Morgan fingerprint density at radius 3 is 2.61 bits per heavy atom. The molecule has 1 saturated heterocycles. The molecule has 0 radical (unpaired) electrons. The summed E-state index contributed by atoms with van der Waals surface area (Å²) >= 11 is 1.74. The molecule has 0 saturated carbocycles. The average Bonchev–Trinajstić information content (AvgIpc) is 3.25. The van der Waals surface area contributed by atoms with Crippen LogP contribution in [-0.4, -0.2) is 74.6 Å². The number of methoxy groups -OCH3 is 1. The molecule has 2 aromatic rings. The molecule has 8 heteroatoms.